The Morgan fingerprint density at radius 3 is 2.64 bits per heavy atom. The summed E-state index contributed by atoms with van der Waals surface area (Å²) in [6.07, 6.45) is 5.52. The first-order valence-corrected chi connectivity index (χ1v) is 7.26. The highest BCUT2D eigenvalue weighted by Gasteiger charge is 2.27. The Labute approximate surface area is 127 Å². The maximum Gasteiger partial charge on any atom is 0.222 e. The van der Waals surface area contributed by atoms with Crippen LogP contribution in [0.15, 0.2) is 43.0 Å². The van der Waals surface area contributed by atoms with Crippen LogP contribution >= 0.6 is 0 Å². The summed E-state index contributed by atoms with van der Waals surface area (Å²) in [5, 5.41) is 4.09. The van der Waals surface area contributed by atoms with Gasteiger partial charge in [-0.2, -0.15) is 10.1 Å². The molecule has 4 rings (SSSR count). The molecule has 0 aliphatic heterocycles. The SMILES string of the molecule is Cc1cc(Oc2ccc(-n3cncn3)cc2)nc(C2CC2)n1. The lowest BCUT2D eigenvalue weighted by atomic mass is 10.3. The van der Waals surface area contributed by atoms with Crippen molar-refractivity contribution in [1.82, 2.24) is 24.7 Å². The number of rotatable bonds is 4. The largest absolute Gasteiger partial charge is 0.439 e. The monoisotopic (exact) mass is 293 g/mol. The lowest BCUT2D eigenvalue weighted by molar-refractivity contribution is 0.457. The third-order valence-electron chi connectivity index (χ3n) is 3.53. The van der Waals surface area contributed by atoms with Gasteiger partial charge in [0.2, 0.25) is 5.88 Å². The van der Waals surface area contributed by atoms with E-state index in [9.17, 15) is 0 Å². The van der Waals surface area contributed by atoms with E-state index >= 15 is 0 Å². The maximum atomic E-state index is 5.85. The molecule has 0 spiro atoms. The van der Waals surface area contributed by atoms with E-state index in [1.807, 2.05) is 37.3 Å². The van der Waals surface area contributed by atoms with Crippen molar-refractivity contribution in [2.75, 3.05) is 0 Å². The van der Waals surface area contributed by atoms with Gasteiger partial charge in [0.25, 0.3) is 0 Å². The van der Waals surface area contributed by atoms with Gasteiger partial charge < -0.3 is 4.74 Å². The fourth-order valence-corrected chi connectivity index (χ4v) is 2.27. The van der Waals surface area contributed by atoms with Crippen LogP contribution in [0.3, 0.4) is 0 Å². The van der Waals surface area contributed by atoms with Gasteiger partial charge in [-0.1, -0.05) is 0 Å². The van der Waals surface area contributed by atoms with Crippen LogP contribution in [0.5, 0.6) is 11.6 Å². The molecule has 3 aromatic rings. The molecule has 110 valence electrons. The highest BCUT2D eigenvalue weighted by atomic mass is 16.5. The van der Waals surface area contributed by atoms with Gasteiger partial charge in [0.1, 0.15) is 24.2 Å². The van der Waals surface area contributed by atoms with Crippen LogP contribution in [0, 0.1) is 6.92 Å². The Bertz CT molecular complexity index is 779. The topological polar surface area (TPSA) is 65.7 Å². The summed E-state index contributed by atoms with van der Waals surface area (Å²) < 4.78 is 7.55. The van der Waals surface area contributed by atoms with Crippen LogP contribution in [-0.4, -0.2) is 24.7 Å². The lowest BCUT2D eigenvalue weighted by Crippen LogP contribution is -1.98. The Morgan fingerprint density at radius 1 is 1.14 bits per heavy atom. The molecular formula is C16H15N5O. The Morgan fingerprint density at radius 2 is 1.95 bits per heavy atom. The van der Waals surface area contributed by atoms with Crippen molar-refractivity contribution in [3.05, 3.63) is 54.5 Å². The first-order chi connectivity index (χ1) is 10.8. The van der Waals surface area contributed by atoms with Gasteiger partial charge in [0, 0.05) is 17.7 Å². The van der Waals surface area contributed by atoms with E-state index in [4.69, 9.17) is 4.74 Å². The van der Waals surface area contributed by atoms with Gasteiger partial charge in [0.15, 0.2) is 0 Å². The zero-order chi connectivity index (χ0) is 14.9. The second-order valence-corrected chi connectivity index (χ2v) is 5.42. The summed E-state index contributed by atoms with van der Waals surface area (Å²) in [5.41, 5.74) is 1.87. The van der Waals surface area contributed by atoms with Gasteiger partial charge >= 0.3 is 0 Å². The minimum Gasteiger partial charge on any atom is -0.439 e. The van der Waals surface area contributed by atoms with E-state index in [1.54, 1.807) is 11.0 Å². The minimum atomic E-state index is 0.511. The predicted molar refractivity (Wildman–Crippen MR) is 80.2 cm³/mol. The van der Waals surface area contributed by atoms with Crippen molar-refractivity contribution in [2.45, 2.75) is 25.7 Å². The second-order valence-electron chi connectivity index (χ2n) is 5.42. The molecule has 1 saturated carbocycles. The van der Waals surface area contributed by atoms with Gasteiger partial charge in [0.05, 0.1) is 5.69 Å². The standard InChI is InChI=1S/C16H15N5O/c1-11-8-15(20-16(19-11)12-2-3-12)22-14-6-4-13(5-7-14)21-10-17-9-18-21/h4-10,12H,2-3H2,1H3. The molecular weight excluding hydrogens is 278 g/mol. The predicted octanol–water partition coefficient (Wildman–Crippen LogP) is 3.04. The first-order valence-electron chi connectivity index (χ1n) is 7.26. The Hall–Kier alpha value is -2.76. The molecule has 0 saturated heterocycles. The molecule has 1 aliphatic carbocycles. The van der Waals surface area contributed by atoms with Crippen molar-refractivity contribution >= 4 is 0 Å². The molecule has 0 N–H and O–H groups in total. The molecule has 6 nitrogen and oxygen atoms in total. The molecule has 22 heavy (non-hydrogen) atoms. The highest BCUT2D eigenvalue weighted by Crippen LogP contribution is 2.38. The van der Waals surface area contributed by atoms with E-state index in [0.717, 1.165) is 23.0 Å². The minimum absolute atomic E-state index is 0.511. The van der Waals surface area contributed by atoms with E-state index in [2.05, 4.69) is 20.1 Å². The average Bonchev–Trinajstić information content (AvgIpc) is 3.23. The maximum absolute atomic E-state index is 5.85. The lowest BCUT2D eigenvalue weighted by Gasteiger charge is -2.08. The van der Waals surface area contributed by atoms with Gasteiger partial charge in [-0.3, -0.25) is 0 Å². The van der Waals surface area contributed by atoms with E-state index in [1.165, 1.54) is 19.2 Å². The molecule has 2 heterocycles. The highest BCUT2D eigenvalue weighted by molar-refractivity contribution is 5.38. The summed E-state index contributed by atoms with van der Waals surface area (Å²) in [7, 11) is 0. The van der Waals surface area contributed by atoms with Crippen LogP contribution in [0.25, 0.3) is 5.69 Å². The Kier molecular flexibility index (Phi) is 3.07. The van der Waals surface area contributed by atoms with Crippen molar-refractivity contribution in [3.63, 3.8) is 0 Å². The number of nitrogens with zero attached hydrogens (tertiary/aromatic N) is 5. The zero-order valence-corrected chi connectivity index (χ0v) is 12.2. The number of ether oxygens (including phenoxy) is 1. The summed E-state index contributed by atoms with van der Waals surface area (Å²) in [4.78, 5) is 12.9. The number of hydrogen-bond donors (Lipinski definition) is 0. The van der Waals surface area contributed by atoms with Crippen molar-refractivity contribution in [3.8, 4) is 17.3 Å². The molecule has 1 aromatic carbocycles. The van der Waals surface area contributed by atoms with Crippen LogP contribution in [0.1, 0.15) is 30.3 Å². The summed E-state index contributed by atoms with van der Waals surface area (Å²) in [6, 6.07) is 9.51. The summed E-state index contributed by atoms with van der Waals surface area (Å²) in [5.74, 6) is 2.75. The summed E-state index contributed by atoms with van der Waals surface area (Å²) >= 11 is 0. The van der Waals surface area contributed by atoms with Gasteiger partial charge in [-0.05, 0) is 44.0 Å². The van der Waals surface area contributed by atoms with Crippen LogP contribution in [-0.2, 0) is 0 Å². The number of hydrogen-bond acceptors (Lipinski definition) is 5. The fraction of sp³-hybridized carbons (Fsp3) is 0.250. The quantitative estimate of drug-likeness (QED) is 0.739. The molecule has 1 aliphatic rings. The fourth-order valence-electron chi connectivity index (χ4n) is 2.27. The molecule has 1 fully saturated rings. The van der Waals surface area contributed by atoms with Crippen molar-refractivity contribution in [1.29, 1.82) is 0 Å². The van der Waals surface area contributed by atoms with E-state index in [-0.39, 0.29) is 0 Å². The van der Waals surface area contributed by atoms with Crippen LogP contribution in [0.4, 0.5) is 0 Å². The van der Waals surface area contributed by atoms with Crippen LogP contribution in [0.2, 0.25) is 0 Å². The van der Waals surface area contributed by atoms with Crippen molar-refractivity contribution < 1.29 is 4.74 Å². The smallest absolute Gasteiger partial charge is 0.222 e. The number of aryl methyl sites for hydroxylation is 1. The first kappa shape index (κ1) is 12.9. The third-order valence-corrected chi connectivity index (χ3v) is 3.53. The molecule has 0 atom stereocenters. The molecule has 6 heteroatoms. The molecule has 0 bridgehead atoms. The van der Waals surface area contributed by atoms with E-state index in [0.29, 0.717) is 11.8 Å². The molecule has 0 amide bonds. The molecule has 2 aromatic heterocycles. The number of aromatic nitrogens is 5. The number of benzene rings is 1. The van der Waals surface area contributed by atoms with Gasteiger partial charge in [-0.25, -0.2) is 14.6 Å². The van der Waals surface area contributed by atoms with Gasteiger partial charge in [-0.15, -0.1) is 0 Å². The van der Waals surface area contributed by atoms with E-state index < -0.39 is 0 Å². The molecule has 0 unspecified atom stereocenters. The van der Waals surface area contributed by atoms with Crippen molar-refractivity contribution in [2.24, 2.45) is 0 Å². The summed E-state index contributed by atoms with van der Waals surface area (Å²) in [6.45, 7) is 1.97. The average molecular weight is 293 g/mol. The Balaban J connectivity index is 1.56. The van der Waals surface area contributed by atoms with Crippen LogP contribution < -0.4 is 4.74 Å². The zero-order valence-electron chi connectivity index (χ0n) is 12.2. The second kappa shape index (κ2) is 5.22. The normalized spacial score (nSPS) is 14.0. The third kappa shape index (κ3) is 2.67. The molecule has 0 radical (unpaired) electrons.